The lowest BCUT2D eigenvalue weighted by Gasteiger charge is -2.29. The van der Waals surface area contributed by atoms with E-state index in [0.717, 1.165) is 110 Å². The van der Waals surface area contributed by atoms with Crippen molar-refractivity contribution >= 4 is 108 Å². The minimum absolute atomic E-state index is 0.0502. The molecule has 0 saturated carbocycles. The van der Waals surface area contributed by atoms with E-state index in [1.165, 1.54) is 24.7 Å². The number of nitrogens with zero attached hydrogens (tertiary/aromatic N) is 15. The molecule has 86 heavy (non-hydrogen) atoms. The molecule has 3 aromatic carbocycles. The topological polar surface area (TPSA) is 327 Å². The Morgan fingerprint density at radius 3 is 1.43 bits per heavy atom. The molecule has 6 aliphatic rings. The number of phenols is 1. The zero-order chi connectivity index (χ0) is 61.4. The molecule has 0 saturated heterocycles. The molecule has 0 spiro atoms. The Kier molecular flexibility index (Phi) is 21.5. The number of fused-ring (bicyclic) bond motifs is 9. The Morgan fingerprint density at radius 2 is 1.00 bits per heavy atom. The molecular weight excluding hydrogens is 1200 g/mol. The molecule has 6 aromatic rings. The van der Waals surface area contributed by atoms with Crippen molar-refractivity contribution in [2.75, 3.05) is 50.8 Å². The number of aliphatic imine (C=N–C) groups is 6. The van der Waals surface area contributed by atoms with Gasteiger partial charge in [-0.2, -0.15) is 15.8 Å². The zero-order valence-electron chi connectivity index (χ0n) is 46.4. The SMILES string of the molecule is CCCS(=O)(=O)Cc1nccc(Oc2ccc3c(c2)C2=NCCCN2C=N3)c1C#N.CCCS(N)(=O)=O.N#Cc1c(Cl)ccnc1Cl.N#Cc1c(Oc2ccc3c(c2)C2=NCCCN2C=N3)ccnc1Cl.Oc1ccc2c(c1)C1=NCCCN1C=N2. The first-order chi connectivity index (χ1) is 41.4. The van der Waals surface area contributed by atoms with Gasteiger partial charge in [0.25, 0.3) is 0 Å². The Labute approximate surface area is 512 Å². The molecule has 23 nitrogen and oxygen atoms in total. The number of sulfonamides is 1. The van der Waals surface area contributed by atoms with Crippen molar-refractivity contribution in [2.45, 2.75) is 51.7 Å². The number of sulfone groups is 1. The van der Waals surface area contributed by atoms with Crippen molar-refractivity contribution in [3.05, 3.63) is 146 Å². The molecule has 12 rings (SSSR count). The summed E-state index contributed by atoms with van der Waals surface area (Å²) in [6.45, 7) is 8.73. The van der Waals surface area contributed by atoms with Gasteiger partial charge in [-0.25, -0.2) is 46.9 Å². The van der Waals surface area contributed by atoms with Gasteiger partial charge < -0.3 is 29.3 Å². The van der Waals surface area contributed by atoms with E-state index in [2.05, 4.69) is 50.0 Å². The molecule has 28 heteroatoms. The first kappa shape index (κ1) is 63.2. The van der Waals surface area contributed by atoms with Crippen LogP contribution >= 0.6 is 34.8 Å². The van der Waals surface area contributed by atoms with Crippen LogP contribution in [0.25, 0.3) is 0 Å². The van der Waals surface area contributed by atoms with Gasteiger partial charge in [-0.1, -0.05) is 48.7 Å². The predicted molar refractivity (Wildman–Crippen MR) is 332 cm³/mol. The fourth-order valence-electron chi connectivity index (χ4n) is 8.93. The molecule has 3 N–H and O–H groups in total. The van der Waals surface area contributed by atoms with Crippen LogP contribution in [0.1, 0.15) is 85.0 Å². The van der Waals surface area contributed by atoms with Crippen LogP contribution in [0.4, 0.5) is 17.1 Å². The van der Waals surface area contributed by atoms with Gasteiger partial charge in [-0.05, 0) is 92.8 Å². The molecule has 0 unspecified atom stereocenters. The highest BCUT2D eigenvalue weighted by Crippen LogP contribution is 2.36. The molecule has 6 aliphatic heterocycles. The molecule has 0 bridgehead atoms. The van der Waals surface area contributed by atoms with Crippen molar-refractivity contribution in [3.63, 3.8) is 0 Å². The highest BCUT2D eigenvalue weighted by molar-refractivity contribution is 7.90. The molecule has 0 radical (unpaired) electrons. The van der Waals surface area contributed by atoms with E-state index in [-0.39, 0.29) is 61.4 Å². The highest BCUT2D eigenvalue weighted by atomic mass is 35.5. The van der Waals surface area contributed by atoms with E-state index in [9.17, 15) is 32.5 Å². The second-order valence-corrected chi connectivity index (χ2v) is 24.2. The first-order valence-corrected chi connectivity index (χ1v) is 31.5. The van der Waals surface area contributed by atoms with E-state index in [4.69, 9.17) is 49.5 Å². The van der Waals surface area contributed by atoms with Gasteiger partial charge >= 0.3 is 0 Å². The summed E-state index contributed by atoms with van der Waals surface area (Å²) in [4.78, 5) is 44.7. The minimum atomic E-state index is -3.34. The van der Waals surface area contributed by atoms with E-state index < -0.39 is 19.9 Å². The lowest BCUT2D eigenvalue weighted by molar-refractivity contribution is 0.474. The van der Waals surface area contributed by atoms with Crippen LogP contribution in [0.2, 0.25) is 15.3 Å². The van der Waals surface area contributed by atoms with Gasteiger partial charge in [0.2, 0.25) is 10.0 Å². The van der Waals surface area contributed by atoms with Gasteiger partial charge in [0.15, 0.2) is 15.0 Å². The van der Waals surface area contributed by atoms with E-state index in [1.807, 2.05) is 82.0 Å². The number of hydrogen-bond acceptors (Lipinski definition) is 22. The second kappa shape index (κ2) is 29.3. The van der Waals surface area contributed by atoms with Crippen LogP contribution in [-0.4, -0.2) is 139 Å². The molecule has 3 aromatic heterocycles. The summed E-state index contributed by atoms with van der Waals surface area (Å²) < 4.78 is 56.3. The van der Waals surface area contributed by atoms with E-state index in [0.29, 0.717) is 35.1 Å². The maximum Gasteiger partial charge on any atom is 0.209 e. The molecule has 442 valence electrons. The number of aromatic hydroxyl groups is 1. The summed E-state index contributed by atoms with van der Waals surface area (Å²) in [5.41, 5.74) is 6.03. The highest BCUT2D eigenvalue weighted by Gasteiger charge is 2.26. The van der Waals surface area contributed by atoms with Gasteiger partial charge in [-0.15, -0.1) is 0 Å². The fourth-order valence-corrected chi connectivity index (χ4v) is 11.5. The van der Waals surface area contributed by atoms with Gasteiger partial charge in [0.05, 0.1) is 64.1 Å². The number of ether oxygens (including phenoxy) is 2. The Hall–Kier alpha value is -8.87. The largest absolute Gasteiger partial charge is 0.508 e. The maximum atomic E-state index is 12.2. The summed E-state index contributed by atoms with van der Waals surface area (Å²) in [5, 5.41) is 42.0. The minimum Gasteiger partial charge on any atom is -0.508 e. The number of primary sulfonamides is 1. The van der Waals surface area contributed by atoms with Crippen molar-refractivity contribution in [2.24, 2.45) is 35.1 Å². The second-order valence-electron chi connectivity index (χ2n) is 19.1. The Bertz CT molecular complexity index is 4070. The number of aromatic nitrogens is 3. The van der Waals surface area contributed by atoms with Crippen molar-refractivity contribution in [3.8, 4) is 47.0 Å². The number of phenolic OH excluding ortho intramolecular Hbond substituents is 1. The van der Waals surface area contributed by atoms with Crippen LogP contribution in [0, 0.1) is 34.0 Å². The summed E-state index contributed by atoms with van der Waals surface area (Å²) in [5.74, 6) is 4.58. The monoisotopic (exact) mass is 1260 g/mol. The predicted octanol–water partition coefficient (Wildman–Crippen LogP) is 10.2. The number of rotatable bonds is 10. The first-order valence-electron chi connectivity index (χ1n) is 26.8. The zero-order valence-corrected chi connectivity index (χ0v) is 50.3. The average Bonchev–Trinajstić information content (AvgIpc) is 1.91. The summed E-state index contributed by atoms with van der Waals surface area (Å²) in [7, 11) is -6.51. The molecule has 9 heterocycles. The molecule has 0 atom stereocenters. The number of pyridine rings is 3. The Morgan fingerprint density at radius 1 is 0.570 bits per heavy atom. The average molecular weight is 1260 g/mol. The van der Waals surface area contributed by atoms with Crippen LogP contribution in [0.5, 0.6) is 28.7 Å². The molecular formula is C58H55Cl3N16O7S2. The van der Waals surface area contributed by atoms with E-state index >= 15 is 0 Å². The van der Waals surface area contributed by atoms with Crippen molar-refractivity contribution in [1.29, 1.82) is 15.8 Å². The summed E-state index contributed by atoms with van der Waals surface area (Å²) in [6.07, 6.45) is 14.0. The van der Waals surface area contributed by atoms with Gasteiger partial charge in [-0.3, -0.25) is 20.0 Å². The Balaban J connectivity index is 0.000000152. The van der Waals surface area contributed by atoms with Crippen LogP contribution in [0.15, 0.2) is 121 Å². The number of nitriles is 3. The standard InChI is InChI=1S/C21H21N5O3S.C17H12ClN5O.C11H11N3O.C6H2Cl2N2.C3H9NO2S/c1-2-10-30(27,28)13-19-17(12-22)20(6-8-23-19)29-15-4-5-18-16(11-15)21-24-7-3-9-26(21)14-25-18;18-16-13(9-19)15(4-6-20-16)24-11-2-3-14-12(8-11)17-21-5-1-7-23(17)10-22-14;15-8-2-3-10-9(6-8)11-12-4-1-5-14(11)7-13-10;7-5-1-2-10-6(8)4(5)3-9;1-2-3-7(4,5)6/h4-6,8,11,14H,2-3,7,9-10,13H2,1H3;2-4,6,8,10H,1,5,7H2;2-3,6-7,15H,1,4-5H2;1-2H;2-3H2,1H3,(H2,4,5,6). The lowest BCUT2D eigenvalue weighted by Crippen LogP contribution is -2.36. The third-order valence-corrected chi connectivity index (χ3v) is 16.4. The van der Waals surface area contributed by atoms with Gasteiger partial charge in [0, 0.05) is 86.7 Å². The molecule has 0 amide bonds. The quantitative estimate of drug-likeness (QED) is 0.120. The van der Waals surface area contributed by atoms with Crippen LogP contribution < -0.4 is 14.6 Å². The normalized spacial score (nSPS) is 14.6. The third-order valence-electron chi connectivity index (χ3n) is 12.8. The number of halogens is 3. The number of amidine groups is 3. The summed E-state index contributed by atoms with van der Waals surface area (Å²) >= 11 is 17.0. The molecule has 0 fully saturated rings. The number of nitrogens with two attached hydrogens (primary N) is 1. The lowest BCUT2D eigenvalue weighted by atomic mass is 10.1. The van der Waals surface area contributed by atoms with Crippen molar-refractivity contribution < 1.29 is 31.4 Å². The van der Waals surface area contributed by atoms with Crippen LogP contribution in [-0.2, 0) is 25.6 Å². The number of benzene rings is 3. The number of hydrogen-bond donors (Lipinski definition) is 2. The maximum absolute atomic E-state index is 12.2. The fraction of sp³-hybridized carbons (Fsp3) is 0.276. The summed E-state index contributed by atoms with van der Waals surface area (Å²) in [6, 6.07) is 26.8. The third kappa shape index (κ3) is 16.3. The smallest absolute Gasteiger partial charge is 0.209 e. The van der Waals surface area contributed by atoms with E-state index in [1.54, 1.807) is 50.5 Å². The molecule has 0 aliphatic carbocycles. The van der Waals surface area contributed by atoms with Gasteiger partial charge in [0.1, 0.15) is 86.3 Å². The van der Waals surface area contributed by atoms with Crippen molar-refractivity contribution in [1.82, 2.24) is 29.7 Å². The van der Waals surface area contributed by atoms with Crippen LogP contribution in [0.3, 0.4) is 0 Å².